The van der Waals surface area contributed by atoms with Gasteiger partial charge in [0, 0.05) is 17.2 Å². The van der Waals surface area contributed by atoms with Crippen molar-refractivity contribution >= 4 is 8.56 Å². The molecule has 0 fully saturated rings. The first kappa shape index (κ1) is 17.1. The van der Waals surface area contributed by atoms with Gasteiger partial charge < -0.3 is 8.85 Å². The van der Waals surface area contributed by atoms with E-state index in [1.54, 1.807) is 0 Å². The molecule has 17 heavy (non-hydrogen) atoms. The van der Waals surface area contributed by atoms with Crippen LogP contribution in [-0.2, 0) is 8.85 Å². The average Bonchev–Trinajstić information content (AvgIpc) is 2.10. The summed E-state index contributed by atoms with van der Waals surface area (Å²) in [5, 5.41) is 0.122. The normalized spacial score (nSPS) is 13.8. The molecule has 0 amide bonds. The van der Waals surface area contributed by atoms with Crippen LogP contribution in [0, 0.1) is 0 Å². The molecule has 104 valence electrons. The minimum atomic E-state index is -2.14. The van der Waals surface area contributed by atoms with Gasteiger partial charge in [-0.05, 0) is 33.7 Å². The van der Waals surface area contributed by atoms with E-state index in [9.17, 15) is 0 Å². The third kappa shape index (κ3) is 5.54. The average molecular weight is 260 g/mol. The topological polar surface area (TPSA) is 18.5 Å². The lowest BCUT2D eigenvalue weighted by Gasteiger charge is -2.43. The first-order chi connectivity index (χ1) is 7.64. The van der Waals surface area contributed by atoms with Gasteiger partial charge in [0.2, 0.25) is 0 Å². The molecule has 2 nitrogen and oxygen atoms in total. The van der Waals surface area contributed by atoms with Crippen LogP contribution in [0.3, 0.4) is 0 Å². The molecule has 0 saturated heterocycles. The van der Waals surface area contributed by atoms with Crippen LogP contribution in [0.25, 0.3) is 0 Å². The Bertz CT molecular complexity index is 197. The van der Waals surface area contributed by atoms with Crippen LogP contribution >= 0.6 is 0 Å². The monoisotopic (exact) mass is 260 g/mol. The second kappa shape index (κ2) is 6.91. The van der Waals surface area contributed by atoms with Crippen LogP contribution < -0.4 is 0 Å². The first-order valence-corrected chi connectivity index (χ1v) is 9.02. The Hall–Kier alpha value is 0.137. The largest absolute Gasteiger partial charge is 0.391 e. The molecule has 0 radical (unpaired) electrons. The first-order valence-electron chi connectivity index (χ1n) is 7.00. The van der Waals surface area contributed by atoms with Crippen molar-refractivity contribution in [2.24, 2.45) is 0 Å². The number of unbranched alkanes of at least 4 members (excludes halogenated alkanes) is 1. The SMILES string of the molecule is CCCC[Si](OC(C)C)(OC(C)C)C(C)(C)C. The summed E-state index contributed by atoms with van der Waals surface area (Å²) in [6.45, 7) is 17.5. The molecule has 0 aromatic heterocycles. The van der Waals surface area contributed by atoms with Crippen LogP contribution in [0.15, 0.2) is 0 Å². The fraction of sp³-hybridized carbons (Fsp3) is 1.00. The highest BCUT2D eigenvalue weighted by Gasteiger charge is 2.49. The van der Waals surface area contributed by atoms with E-state index >= 15 is 0 Å². The predicted octanol–water partition coefficient (Wildman–Crippen LogP) is 4.88. The van der Waals surface area contributed by atoms with Crippen molar-refractivity contribution in [3.63, 3.8) is 0 Å². The van der Waals surface area contributed by atoms with Gasteiger partial charge in [-0.1, -0.05) is 40.5 Å². The summed E-state index contributed by atoms with van der Waals surface area (Å²) >= 11 is 0. The van der Waals surface area contributed by atoms with Crippen LogP contribution in [0.1, 0.15) is 68.2 Å². The highest BCUT2D eigenvalue weighted by molar-refractivity contribution is 6.70. The molecule has 0 bridgehead atoms. The Morgan fingerprint density at radius 2 is 1.35 bits per heavy atom. The summed E-state index contributed by atoms with van der Waals surface area (Å²) in [5.41, 5.74) is 0. The van der Waals surface area contributed by atoms with Gasteiger partial charge in [0.05, 0.1) is 0 Å². The number of hydrogen-bond donors (Lipinski definition) is 0. The third-order valence-electron chi connectivity index (χ3n) is 2.85. The lowest BCUT2D eigenvalue weighted by molar-refractivity contribution is 0.0874. The summed E-state index contributed by atoms with van der Waals surface area (Å²) in [4.78, 5) is 0. The Balaban J connectivity index is 5.05. The fourth-order valence-electron chi connectivity index (χ4n) is 2.05. The second-order valence-electron chi connectivity index (χ2n) is 6.44. The smallest absolute Gasteiger partial charge is 0.344 e. The van der Waals surface area contributed by atoms with E-state index in [4.69, 9.17) is 8.85 Å². The lowest BCUT2D eigenvalue weighted by atomic mass is 10.2. The van der Waals surface area contributed by atoms with E-state index in [0.717, 1.165) is 6.04 Å². The highest BCUT2D eigenvalue weighted by atomic mass is 28.4. The molecule has 0 saturated carbocycles. The van der Waals surface area contributed by atoms with Crippen LogP contribution in [0.5, 0.6) is 0 Å². The van der Waals surface area contributed by atoms with E-state index < -0.39 is 8.56 Å². The molecular weight excluding hydrogens is 228 g/mol. The number of hydrogen-bond acceptors (Lipinski definition) is 2. The zero-order valence-electron chi connectivity index (χ0n) is 13.1. The van der Waals surface area contributed by atoms with E-state index in [0.29, 0.717) is 0 Å². The highest BCUT2D eigenvalue weighted by Crippen LogP contribution is 2.42. The third-order valence-corrected chi connectivity index (χ3v) is 7.86. The van der Waals surface area contributed by atoms with Crippen LogP contribution in [0.4, 0.5) is 0 Å². The molecule has 0 heterocycles. The van der Waals surface area contributed by atoms with Gasteiger partial charge >= 0.3 is 8.56 Å². The summed E-state index contributed by atoms with van der Waals surface area (Å²) in [6, 6.07) is 1.10. The molecular formula is C14H32O2Si. The second-order valence-corrected chi connectivity index (χ2v) is 10.4. The zero-order valence-corrected chi connectivity index (χ0v) is 14.1. The Labute approximate surface area is 109 Å². The van der Waals surface area contributed by atoms with E-state index in [2.05, 4.69) is 55.4 Å². The van der Waals surface area contributed by atoms with Gasteiger partial charge in [-0.25, -0.2) is 0 Å². The van der Waals surface area contributed by atoms with Crippen molar-refractivity contribution in [1.82, 2.24) is 0 Å². The van der Waals surface area contributed by atoms with Gasteiger partial charge in [0.15, 0.2) is 0 Å². The summed E-state index contributed by atoms with van der Waals surface area (Å²) in [5.74, 6) is 0. The van der Waals surface area contributed by atoms with Crippen molar-refractivity contribution in [3.8, 4) is 0 Å². The Morgan fingerprint density at radius 1 is 0.941 bits per heavy atom. The molecule has 0 spiro atoms. The van der Waals surface area contributed by atoms with Gasteiger partial charge in [-0.3, -0.25) is 0 Å². The van der Waals surface area contributed by atoms with Crippen molar-refractivity contribution in [1.29, 1.82) is 0 Å². The fourth-order valence-corrected chi connectivity index (χ4v) is 6.14. The molecule has 0 rings (SSSR count). The van der Waals surface area contributed by atoms with Crippen molar-refractivity contribution < 1.29 is 8.85 Å². The molecule has 0 aromatic carbocycles. The van der Waals surface area contributed by atoms with Gasteiger partial charge in [0.1, 0.15) is 0 Å². The minimum Gasteiger partial charge on any atom is -0.391 e. The van der Waals surface area contributed by atoms with Crippen LogP contribution in [0.2, 0.25) is 11.1 Å². The molecule has 3 heteroatoms. The number of rotatable bonds is 7. The lowest BCUT2D eigenvalue weighted by Crippen LogP contribution is -2.53. The van der Waals surface area contributed by atoms with Gasteiger partial charge in [-0.15, -0.1) is 0 Å². The quantitative estimate of drug-likeness (QED) is 0.607. The van der Waals surface area contributed by atoms with Crippen LogP contribution in [-0.4, -0.2) is 20.8 Å². The van der Waals surface area contributed by atoms with Crippen molar-refractivity contribution in [2.45, 2.75) is 91.5 Å². The standard InChI is InChI=1S/C14H32O2Si/c1-9-10-11-17(14(6,7)8,15-12(2)3)16-13(4)5/h12-13H,9-11H2,1-8H3. The van der Waals surface area contributed by atoms with E-state index in [-0.39, 0.29) is 17.2 Å². The molecule has 0 aromatic rings. The maximum atomic E-state index is 6.33. The molecule has 0 aliphatic rings. The molecule has 0 unspecified atom stereocenters. The summed E-state index contributed by atoms with van der Waals surface area (Å²) < 4.78 is 12.7. The molecule has 0 N–H and O–H groups in total. The van der Waals surface area contributed by atoms with E-state index in [1.165, 1.54) is 12.8 Å². The molecule has 0 aliphatic carbocycles. The maximum absolute atomic E-state index is 6.33. The maximum Gasteiger partial charge on any atom is 0.344 e. The zero-order chi connectivity index (χ0) is 13.7. The summed E-state index contributed by atoms with van der Waals surface area (Å²) in [6.07, 6.45) is 2.89. The Kier molecular flexibility index (Phi) is 6.96. The molecule has 0 atom stereocenters. The van der Waals surface area contributed by atoms with Gasteiger partial charge in [0.25, 0.3) is 0 Å². The predicted molar refractivity (Wildman–Crippen MR) is 77.6 cm³/mol. The summed E-state index contributed by atoms with van der Waals surface area (Å²) in [7, 11) is -2.14. The van der Waals surface area contributed by atoms with Crippen molar-refractivity contribution in [3.05, 3.63) is 0 Å². The minimum absolute atomic E-state index is 0.122. The van der Waals surface area contributed by atoms with Crippen molar-refractivity contribution in [2.75, 3.05) is 0 Å². The van der Waals surface area contributed by atoms with Gasteiger partial charge in [-0.2, -0.15) is 0 Å². The van der Waals surface area contributed by atoms with E-state index in [1.807, 2.05) is 0 Å². The Morgan fingerprint density at radius 3 is 1.59 bits per heavy atom. The molecule has 0 aliphatic heterocycles.